The van der Waals surface area contributed by atoms with E-state index in [9.17, 15) is 4.79 Å². The SMILES string of the molecule is N#Cc1ccc(NC(=O)CC2CCC(c3ccc(CN)cc3)CC2)cc1. The van der Waals surface area contributed by atoms with Crippen LogP contribution in [0.15, 0.2) is 48.5 Å². The molecule has 0 atom stereocenters. The van der Waals surface area contributed by atoms with E-state index in [1.165, 1.54) is 11.1 Å². The second-order valence-electron chi connectivity index (χ2n) is 7.10. The second-order valence-corrected chi connectivity index (χ2v) is 7.10. The summed E-state index contributed by atoms with van der Waals surface area (Å²) in [5, 5.41) is 11.7. The first-order valence-corrected chi connectivity index (χ1v) is 9.27. The smallest absolute Gasteiger partial charge is 0.224 e. The predicted molar refractivity (Wildman–Crippen MR) is 103 cm³/mol. The fraction of sp³-hybridized carbons (Fsp3) is 0.364. The number of nitrogens with two attached hydrogens (primary N) is 1. The Kier molecular flexibility index (Phi) is 6.04. The number of hydrogen-bond donors (Lipinski definition) is 2. The molecule has 0 saturated heterocycles. The Morgan fingerprint density at radius 2 is 1.69 bits per heavy atom. The molecule has 0 spiro atoms. The fourth-order valence-electron chi connectivity index (χ4n) is 3.73. The number of hydrogen-bond acceptors (Lipinski definition) is 3. The van der Waals surface area contributed by atoms with Crippen LogP contribution in [0.3, 0.4) is 0 Å². The summed E-state index contributed by atoms with van der Waals surface area (Å²) in [7, 11) is 0. The van der Waals surface area contributed by atoms with Crippen molar-refractivity contribution in [3.63, 3.8) is 0 Å². The van der Waals surface area contributed by atoms with Crippen molar-refractivity contribution in [3.8, 4) is 6.07 Å². The average Bonchev–Trinajstić information content (AvgIpc) is 2.69. The van der Waals surface area contributed by atoms with Gasteiger partial charge in [-0.15, -0.1) is 0 Å². The van der Waals surface area contributed by atoms with E-state index >= 15 is 0 Å². The van der Waals surface area contributed by atoms with Gasteiger partial charge in [-0.25, -0.2) is 0 Å². The first-order valence-electron chi connectivity index (χ1n) is 9.27. The molecule has 2 aromatic carbocycles. The molecule has 0 aliphatic heterocycles. The lowest BCUT2D eigenvalue weighted by atomic mass is 9.77. The summed E-state index contributed by atoms with van der Waals surface area (Å²) in [6.07, 6.45) is 5.01. The van der Waals surface area contributed by atoms with Crippen molar-refractivity contribution in [2.24, 2.45) is 11.7 Å². The van der Waals surface area contributed by atoms with Crippen LogP contribution in [0.5, 0.6) is 0 Å². The number of carbonyl (C=O) groups is 1. The highest BCUT2D eigenvalue weighted by atomic mass is 16.1. The van der Waals surface area contributed by atoms with E-state index in [2.05, 4.69) is 35.7 Å². The highest BCUT2D eigenvalue weighted by Gasteiger charge is 2.24. The van der Waals surface area contributed by atoms with E-state index in [0.29, 0.717) is 30.4 Å². The maximum absolute atomic E-state index is 12.3. The summed E-state index contributed by atoms with van der Waals surface area (Å²) in [6, 6.07) is 17.7. The standard InChI is InChI=1S/C22H25N3O/c23-14-17-3-9-20(10-4-17)19-7-1-16(2-8-19)13-22(26)25-21-11-5-18(15-24)6-12-21/h3-6,9-12,16,19H,1-2,7-8,13-14,23H2,(H,25,26). The molecule has 3 N–H and O–H groups in total. The third-order valence-corrected chi connectivity index (χ3v) is 5.31. The number of amides is 1. The fourth-order valence-corrected chi connectivity index (χ4v) is 3.73. The predicted octanol–water partition coefficient (Wildman–Crippen LogP) is 4.32. The maximum atomic E-state index is 12.3. The molecule has 0 bridgehead atoms. The summed E-state index contributed by atoms with van der Waals surface area (Å²) < 4.78 is 0. The zero-order valence-electron chi connectivity index (χ0n) is 14.9. The van der Waals surface area contributed by atoms with Gasteiger partial charge in [0.15, 0.2) is 0 Å². The van der Waals surface area contributed by atoms with Crippen molar-refractivity contribution < 1.29 is 4.79 Å². The lowest BCUT2D eigenvalue weighted by Crippen LogP contribution is -2.20. The first kappa shape index (κ1) is 18.2. The molecule has 1 aliphatic carbocycles. The molecule has 3 rings (SSSR count). The van der Waals surface area contributed by atoms with Gasteiger partial charge in [0, 0.05) is 18.7 Å². The van der Waals surface area contributed by atoms with Gasteiger partial charge in [0.25, 0.3) is 0 Å². The van der Waals surface area contributed by atoms with Gasteiger partial charge in [0.1, 0.15) is 0 Å². The zero-order chi connectivity index (χ0) is 18.4. The number of rotatable bonds is 5. The summed E-state index contributed by atoms with van der Waals surface area (Å²) in [5.41, 5.74) is 9.57. The summed E-state index contributed by atoms with van der Waals surface area (Å²) in [4.78, 5) is 12.3. The third-order valence-electron chi connectivity index (χ3n) is 5.31. The van der Waals surface area contributed by atoms with Gasteiger partial charge in [-0.2, -0.15) is 5.26 Å². The Bertz CT molecular complexity index is 767. The van der Waals surface area contributed by atoms with Gasteiger partial charge < -0.3 is 11.1 Å². The van der Waals surface area contributed by atoms with Crippen LogP contribution in [0.4, 0.5) is 5.69 Å². The molecule has 0 heterocycles. The normalized spacial score (nSPS) is 19.5. The van der Waals surface area contributed by atoms with Crippen LogP contribution in [0.2, 0.25) is 0 Å². The molecule has 1 aliphatic rings. The van der Waals surface area contributed by atoms with Gasteiger partial charge in [0.2, 0.25) is 5.91 Å². The Morgan fingerprint density at radius 3 is 2.27 bits per heavy atom. The first-order chi connectivity index (χ1) is 12.7. The lowest BCUT2D eigenvalue weighted by molar-refractivity contribution is -0.117. The maximum Gasteiger partial charge on any atom is 0.224 e. The van der Waals surface area contributed by atoms with Crippen LogP contribution < -0.4 is 11.1 Å². The van der Waals surface area contributed by atoms with Crippen LogP contribution in [-0.4, -0.2) is 5.91 Å². The van der Waals surface area contributed by atoms with Crippen LogP contribution in [-0.2, 0) is 11.3 Å². The molecule has 0 aromatic heterocycles. The highest BCUT2D eigenvalue weighted by molar-refractivity contribution is 5.90. The van der Waals surface area contributed by atoms with Gasteiger partial charge >= 0.3 is 0 Å². The van der Waals surface area contributed by atoms with Crippen molar-refractivity contribution in [2.75, 3.05) is 5.32 Å². The number of benzene rings is 2. The van der Waals surface area contributed by atoms with Gasteiger partial charge in [-0.3, -0.25) is 4.79 Å². The van der Waals surface area contributed by atoms with Gasteiger partial charge in [0.05, 0.1) is 11.6 Å². The topological polar surface area (TPSA) is 78.9 Å². The van der Waals surface area contributed by atoms with E-state index in [-0.39, 0.29) is 5.91 Å². The minimum Gasteiger partial charge on any atom is -0.326 e. The molecule has 26 heavy (non-hydrogen) atoms. The third kappa shape index (κ3) is 4.71. The van der Waals surface area contributed by atoms with Crippen molar-refractivity contribution in [1.82, 2.24) is 0 Å². The van der Waals surface area contributed by atoms with E-state index in [0.717, 1.165) is 31.4 Å². The number of carbonyl (C=O) groups excluding carboxylic acids is 1. The Hall–Kier alpha value is -2.64. The Balaban J connectivity index is 1.46. The highest BCUT2D eigenvalue weighted by Crippen LogP contribution is 2.37. The lowest BCUT2D eigenvalue weighted by Gasteiger charge is -2.28. The summed E-state index contributed by atoms with van der Waals surface area (Å²) in [5.74, 6) is 1.11. The van der Waals surface area contributed by atoms with E-state index in [1.807, 2.05) is 0 Å². The number of nitrogens with one attached hydrogen (secondary N) is 1. The van der Waals surface area contributed by atoms with Crippen LogP contribution in [0, 0.1) is 17.2 Å². The molecule has 1 amide bonds. The van der Waals surface area contributed by atoms with E-state index in [4.69, 9.17) is 11.0 Å². The van der Waals surface area contributed by atoms with E-state index in [1.54, 1.807) is 24.3 Å². The Labute approximate surface area is 155 Å². The second kappa shape index (κ2) is 8.64. The van der Waals surface area contributed by atoms with Crippen molar-refractivity contribution in [2.45, 2.75) is 44.6 Å². The van der Waals surface area contributed by atoms with Gasteiger partial charge in [-0.05, 0) is 72.9 Å². The molecule has 4 nitrogen and oxygen atoms in total. The molecule has 134 valence electrons. The number of nitriles is 1. The minimum atomic E-state index is 0.0606. The molecule has 1 saturated carbocycles. The Morgan fingerprint density at radius 1 is 1.04 bits per heavy atom. The molecule has 4 heteroatoms. The molecular weight excluding hydrogens is 322 g/mol. The number of anilines is 1. The van der Waals surface area contributed by atoms with Crippen LogP contribution in [0.25, 0.3) is 0 Å². The van der Waals surface area contributed by atoms with Crippen molar-refractivity contribution in [1.29, 1.82) is 5.26 Å². The van der Waals surface area contributed by atoms with Crippen molar-refractivity contribution in [3.05, 3.63) is 65.2 Å². The molecule has 0 radical (unpaired) electrons. The zero-order valence-corrected chi connectivity index (χ0v) is 14.9. The van der Waals surface area contributed by atoms with E-state index < -0.39 is 0 Å². The molecule has 1 fully saturated rings. The molecule has 2 aromatic rings. The quantitative estimate of drug-likeness (QED) is 0.845. The van der Waals surface area contributed by atoms with Crippen LogP contribution >= 0.6 is 0 Å². The summed E-state index contributed by atoms with van der Waals surface area (Å²) >= 11 is 0. The monoisotopic (exact) mass is 347 g/mol. The largest absolute Gasteiger partial charge is 0.326 e. The average molecular weight is 347 g/mol. The molecular formula is C22H25N3O. The molecule has 0 unspecified atom stereocenters. The number of nitrogens with zero attached hydrogens (tertiary/aromatic N) is 1. The van der Waals surface area contributed by atoms with Crippen LogP contribution in [0.1, 0.15) is 54.7 Å². The van der Waals surface area contributed by atoms with Gasteiger partial charge in [-0.1, -0.05) is 24.3 Å². The summed E-state index contributed by atoms with van der Waals surface area (Å²) in [6.45, 7) is 0.585. The minimum absolute atomic E-state index is 0.0606. The van der Waals surface area contributed by atoms with Crippen molar-refractivity contribution >= 4 is 11.6 Å².